The minimum atomic E-state index is -5.07. The third-order valence-corrected chi connectivity index (χ3v) is 5.55. The van der Waals surface area contributed by atoms with Crippen molar-refractivity contribution in [3.63, 3.8) is 0 Å². The number of Topliss-reactive ketones (excluding diaryl/α,β-unsaturated/α-hetero) is 1. The monoisotopic (exact) mass is 362 g/mol. The first-order valence-electron chi connectivity index (χ1n) is 8.28. The highest BCUT2D eigenvalue weighted by Crippen LogP contribution is 2.65. The molecular formula is C17H25F3N2O3. The third kappa shape index (κ3) is 3.40. The zero-order chi connectivity index (χ0) is 19.5. The van der Waals surface area contributed by atoms with Gasteiger partial charge in [0.15, 0.2) is 5.78 Å². The number of fused-ring (bicyclic) bond motifs is 1. The van der Waals surface area contributed by atoms with E-state index in [0.717, 1.165) is 0 Å². The van der Waals surface area contributed by atoms with E-state index < -0.39 is 35.5 Å². The number of carbonyl (C=O) groups excluding carboxylic acids is 3. The van der Waals surface area contributed by atoms with Crippen LogP contribution in [0.15, 0.2) is 0 Å². The molecule has 142 valence electrons. The normalized spacial score (nSPS) is 29.0. The van der Waals surface area contributed by atoms with Gasteiger partial charge in [0.1, 0.15) is 6.04 Å². The van der Waals surface area contributed by atoms with E-state index in [0.29, 0.717) is 6.54 Å². The van der Waals surface area contributed by atoms with Crippen molar-refractivity contribution in [2.45, 2.75) is 59.8 Å². The van der Waals surface area contributed by atoms with Gasteiger partial charge in [0.25, 0.3) is 0 Å². The highest BCUT2D eigenvalue weighted by Gasteiger charge is 2.69. The van der Waals surface area contributed by atoms with Crippen LogP contribution in [0.1, 0.15) is 41.5 Å². The van der Waals surface area contributed by atoms with E-state index in [4.69, 9.17) is 0 Å². The number of halogens is 3. The van der Waals surface area contributed by atoms with Gasteiger partial charge in [0, 0.05) is 6.54 Å². The molecule has 2 amide bonds. The molecule has 4 atom stereocenters. The Hall–Kier alpha value is -1.60. The van der Waals surface area contributed by atoms with Crippen LogP contribution in [-0.4, -0.2) is 47.3 Å². The van der Waals surface area contributed by atoms with Crippen molar-refractivity contribution in [2.75, 3.05) is 6.54 Å². The van der Waals surface area contributed by atoms with Crippen molar-refractivity contribution < 1.29 is 27.6 Å². The van der Waals surface area contributed by atoms with Crippen LogP contribution < -0.4 is 5.32 Å². The van der Waals surface area contributed by atoms with Gasteiger partial charge in [-0.15, -0.1) is 0 Å². The standard InChI is InChI=1S/C17H25F3N2O3/c1-8(23)11-10-9(16(10,5)6)7-22(11)13(24)12(15(2,3)4)21-14(25)17(18,19)20/h9-12H,7H2,1-6H3,(H,21,25)/t9-,10-,11+,12+/m0/s1. The van der Waals surface area contributed by atoms with Gasteiger partial charge in [-0.05, 0) is 29.6 Å². The van der Waals surface area contributed by atoms with Gasteiger partial charge in [0.05, 0.1) is 6.04 Å². The number of ketones is 1. The molecule has 2 rings (SSSR count). The molecule has 2 aliphatic rings. The molecule has 0 aromatic carbocycles. The van der Waals surface area contributed by atoms with Gasteiger partial charge in [-0.3, -0.25) is 14.4 Å². The molecule has 5 nitrogen and oxygen atoms in total. The summed E-state index contributed by atoms with van der Waals surface area (Å²) in [6, 6.07) is -2.00. The van der Waals surface area contributed by atoms with E-state index in [2.05, 4.69) is 0 Å². The molecule has 0 aromatic heterocycles. The minimum Gasteiger partial charge on any atom is -0.336 e. The minimum absolute atomic E-state index is 0.0212. The predicted molar refractivity (Wildman–Crippen MR) is 84.4 cm³/mol. The maximum absolute atomic E-state index is 12.9. The quantitative estimate of drug-likeness (QED) is 0.837. The molecular weight excluding hydrogens is 337 g/mol. The van der Waals surface area contributed by atoms with E-state index in [9.17, 15) is 27.6 Å². The second kappa shape index (κ2) is 5.71. The van der Waals surface area contributed by atoms with Crippen molar-refractivity contribution in [3.8, 4) is 0 Å². The zero-order valence-corrected chi connectivity index (χ0v) is 15.3. The average Bonchev–Trinajstić information content (AvgIpc) is 2.82. The Bertz CT molecular complexity index is 607. The molecule has 0 radical (unpaired) electrons. The van der Waals surface area contributed by atoms with Crippen LogP contribution in [0.25, 0.3) is 0 Å². The van der Waals surface area contributed by atoms with E-state index in [1.54, 1.807) is 20.8 Å². The summed E-state index contributed by atoms with van der Waals surface area (Å²) < 4.78 is 37.9. The fourth-order valence-electron chi connectivity index (χ4n) is 4.01. The van der Waals surface area contributed by atoms with Gasteiger partial charge in [-0.25, -0.2) is 0 Å². The molecule has 0 bridgehead atoms. The molecule has 1 N–H and O–H groups in total. The van der Waals surface area contributed by atoms with E-state index >= 15 is 0 Å². The number of nitrogens with one attached hydrogen (secondary N) is 1. The van der Waals surface area contributed by atoms with Crippen LogP contribution in [0.5, 0.6) is 0 Å². The number of piperidine rings is 1. The molecule has 1 aliphatic heterocycles. The van der Waals surface area contributed by atoms with Crippen LogP contribution >= 0.6 is 0 Å². The average molecular weight is 362 g/mol. The largest absolute Gasteiger partial charge is 0.471 e. The Labute approximate surface area is 145 Å². The van der Waals surface area contributed by atoms with Gasteiger partial charge in [-0.1, -0.05) is 34.6 Å². The van der Waals surface area contributed by atoms with E-state index in [1.165, 1.54) is 11.8 Å². The Kier molecular flexibility index (Phi) is 4.50. The first-order valence-corrected chi connectivity index (χ1v) is 8.28. The lowest BCUT2D eigenvalue weighted by molar-refractivity contribution is -0.176. The fraction of sp³-hybridized carbons (Fsp3) is 0.824. The van der Waals surface area contributed by atoms with Crippen molar-refractivity contribution in [3.05, 3.63) is 0 Å². The molecule has 0 spiro atoms. The van der Waals surface area contributed by atoms with E-state index in [1.807, 2.05) is 19.2 Å². The van der Waals surface area contributed by atoms with Crippen molar-refractivity contribution in [1.29, 1.82) is 0 Å². The third-order valence-electron chi connectivity index (χ3n) is 5.55. The first kappa shape index (κ1) is 19.7. The second-order valence-corrected chi connectivity index (χ2v) is 8.77. The van der Waals surface area contributed by atoms with Crippen molar-refractivity contribution >= 4 is 17.6 Å². The first-order chi connectivity index (χ1) is 11.1. The number of alkyl halides is 3. The summed E-state index contributed by atoms with van der Waals surface area (Å²) in [6.07, 6.45) is -5.07. The number of carbonyl (C=O) groups is 3. The Morgan fingerprint density at radius 1 is 1.16 bits per heavy atom. The molecule has 8 heteroatoms. The summed E-state index contributed by atoms with van der Waals surface area (Å²) in [5.74, 6) is -2.78. The van der Waals surface area contributed by atoms with Crippen molar-refractivity contribution in [2.24, 2.45) is 22.7 Å². The Morgan fingerprint density at radius 3 is 2.08 bits per heavy atom. The van der Waals surface area contributed by atoms with Gasteiger partial charge < -0.3 is 10.2 Å². The number of amides is 2. The molecule has 2 fully saturated rings. The van der Waals surface area contributed by atoms with Gasteiger partial charge >= 0.3 is 12.1 Å². The van der Waals surface area contributed by atoms with Crippen LogP contribution in [0.2, 0.25) is 0 Å². The fourth-order valence-corrected chi connectivity index (χ4v) is 4.01. The Balaban J connectivity index is 2.26. The number of likely N-dealkylation sites (tertiary alicyclic amines) is 1. The summed E-state index contributed by atoms with van der Waals surface area (Å²) in [7, 11) is 0. The smallest absolute Gasteiger partial charge is 0.336 e. The zero-order valence-electron chi connectivity index (χ0n) is 15.3. The van der Waals surface area contributed by atoms with Crippen LogP contribution in [-0.2, 0) is 14.4 Å². The molecule has 1 saturated heterocycles. The lowest BCUT2D eigenvalue weighted by Gasteiger charge is -2.37. The second-order valence-electron chi connectivity index (χ2n) is 8.77. The molecule has 0 unspecified atom stereocenters. The number of rotatable bonds is 3. The molecule has 0 aromatic rings. The SMILES string of the molecule is CC(=O)[C@@H]1[C@@H]2[C@H](CN1C(=O)[C@@H](NC(=O)C(F)(F)F)C(C)(C)C)C2(C)C. The van der Waals surface area contributed by atoms with E-state index in [-0.39, 0.29) is 23.0 Å². The molecule has 1 heterocycles. The summed E-state index contributed by atoms with van der Waals surface area (Å²) in [6.45, 7) is 10.5. The predicted octanol–water partition coefficient (Wildman–Crippen LogP) is 2.15. The number of hydrogen-bond acceptors (Lipinski definition) is 3. The maximum atomic E-state index is 12.9. The highest BCUT2D eigenvalue weighted by molar-refractivity contribution is 5.94. The molecule has 1 aliphatic carbocycles. The molecule has 25 heavy (non-hydrogen) atoms. The highest BCUT2D eigenvalue weighted by atomic mass is 19.4. The van der Waals surface area contributed by atoms with Crippen LogP contribution in [0, 0.1) is 22.7 Å². The van der Waals surface area contributed by atoms with Crippen molar-refractivity contribution in [1.82, 2.24) is 10.2 Å². The maximum Gasteiger partial charge on any atom is 0.471 e. The summed E-state index contributed by atoms with van der Waals surface area (Å²) in [5, 5.41) is 1.82. The Morgan fingerprint density at radius 2 is 1.68 bits per heavy atom. The summed E-state index contributed by atoms with van der Waals surface area (Å²) in [4.78, 5) is 37.7. The van der Waals surface area contributed by atoms with Crippen LogP contribution in [0.4, 0.5) is 13.2 Å². The van der Waals surface area contributed by atoms with Gasteiger partial charge in [-0.2, -0.15) is 13.2 Å². The molecule has 1 saturated carbocycles. The lowest BCUT2D eigenvalue weighted by atomic mass is 9.85. The summed E-state index contributed by atoms with van der Waals surface area (Å²) in [5.41, 5.74) is -0.985. The number of nitrogens with zero attached hydrogens (tertiary/aromatic N) is 1. The van der Waals surface area contributed by atoms with Gasteiger partial charge in [0.2, 0.25) is 5.91 Å². The van der Waals surface area contributed by atoms with Crippen LogP contribution in [0.3, 0.4) is 0 Å². The summed E-state index contributed by atoms with van der Waals surface area (Å²) >= 11 is 0. The number of hydrogen-bond donors (Lipinski definition) is 1. The lowest BCUT2D eigenvalue weighted by Crippen LogP contribution is -2.59. The topological polar surface area (TPSA) is 66.5 Å².